The Morgan fingerprint density at radius 1 is 0.857 bits per heavy atom. The first-order valence-electron chi connectivity index (χ1n) is 22.0. The lowest BCUT2D eigenvalue weighted by Crippen LogP contribution is -2.37. The third-order valence-corrected chi connectivity index (χ3v) is 13.0. The van der Waals surface area contributed by atoms with Crippen molar-refractivity contribution in [2.75, 3.05) is 30.5 Å². The van der Waals surface area contributed by atoms with Gasteiger partial charge in [0.2, 0.25) is 11.8 Å². The predicted octanol–water partition coefficient (Wildman–Crippen LogP) is 12.1. The number of H-pyrrole nitrogens is 1. The van der Waals surface area contributed by atoms with E-state index in [-0.39, 0.29) is 55.6 Å². The second kappa shape index (κ2) is 22.5. The van der Waals surface area contributed by atoms with E-state index in [1.54, 1.807) is 48.9 Å². The van der Waals surface area contributed by atoms with Crippen molar-refractivity contribution >= 4 is 104 Å². The Hall–Kier alpha value is -6.49. The molecular formula is C50H48Cl5N9O6. The molecule has 2 unspecified atom stereocenters. The highest BCUT2D eigenvalue weighted by Gasteiger charge is 2.44. The van der Waals surface area contributed by atoms with Gasteiger partial charge in [0.15, 0.2) is 17.4 Å². The fraction of sp³-hybridized carbons (Fsp3) is 0.240. The van der Waals surface area contributed by atoms with E-state index in [2.05, 4.69) is 38.2 Å². The van der Waals surface area contributed by atoms with Gasteiger partial charge in [-0.05, 0) is 88.2 Å². The van der Waals surface area contributed by atoms with E-state index < -0.39 is 18.0 Å². The summed E-state index contributed by atoms with van der Waals surface area (Å²) < 4.78 is 18.9. The van der Waals surface area contributed by atoms with Gasteiger partial charge in [0.25, 0.3) is 11.8 Å². The van der Waals surface area contributed by atoms with Crippen LogP contribution in [-0.4, -0.2) is 69.7 Å². The maximum Gasteiger partial charge on any atom is 0.341 e. The summed E-state index contributed by atoms with van der Waals surface area (Å²) in [6.07, 6.45) is -0.486. The third kappa shape index (κ3) is 11.2. The van der Waals surface area contributed by atoms with Crippen LogP contribution in [-0.2, 0) is 16.0 Å². The highest BCUT2D eigenvalue weighted by atomic mass is 35.5. The molecular weight excluding hydrogens is 1000 g/mol. The molecule has 1 aliphatic heterocycles. The number of carbonyl (C=O) groups excluding carboxylic acids is 3. The Morgan fingerprint density at radius 2 is 1.50 bits per heavy atom. The first-order valence-corrected chi connectivity index (χ1v) is 23.9. The van der Waals surface area contributed by atoms with E-state index >= 15 is 0 Å². The molecule has 2 amide bonds. The lowest BCUT2D eigenvalue weighted by molar-refractivity contribution is -0.121. The maximum atomic E-state index is 13.8. The minimum absolute atomic E-state index is 0.0569. The number of hydrogen-bond acceptors (Lipinski definition) is 10. The van der Waals surface area contributed by atoms with Crippen molar-refractivity contribution in [3.63, 3.8) is 0 Å². The second-order valence-corrected chi connectivity index (χ2v) is 17.9. The number of carbonyl (C=O) groups is 3. The van der Waals surface area contributed by atoms with Crippen molar-refractivity contribution in [1.82, 2.24) is 30.6 Å². The number of amides is 2. The van der Waals surface area contributed by atoms with Crippen LogP contribution in [0.25, 0.3) is 5.65 Å². The molecule has 5 aromatic carbocycles. The zero-order valence-electron chi connectivity index (χ0n) is 39.0. The monoisotopic (exact) mass is 1050 g/mol. The number of nitrogens with one attached hydrogen (secondary N) is 4. The summed E-state index contributed by atoms with van der Waals surface area (Å²) in [6.45, 7) is 12.1. The number of aryl methyl sites for hydroxylation is 4. The molecule has 8 rings (SSSR count). The van der Waals surface area contributed by atoms with Gasteiger partial charge in [-0.25, -0.2) is 19.8 Å². The number of hydrazine groups is 1. The number of benzene rings is 5. The zero-order chi connectivity index (χ0) is 50.4. The van der Waals surface area contributed by atoms with Gasteiger partial charge >= 0.3 is 5.97 Å². The van der Waals surface area contributed by atoms with Gasteiger partial charge in [-0.3, -0.25) is 20.1 Å². The van der Waals surface area contributed by atoms with Crippen LogP contribution in [0.5, 0.6) is 17.2 Å². The van der Waals surface area contributed by atoms with Crippen molar-refractivity contribution in [2.45, 2.75) is 60.0 Å². The van der Waals surface area contributed by atoms with Crippen molar-refractivity contribution < 1.29 is 28.6 Å². The van der Waals surface area contributed by atoms with Gasteiger partial charge in [-0.2, -0.15) is 0 Å². The Bertz CT molecular complexity index is 3080. The normalized spacial score (nSPS) is 14.2. The summed E-state index contributed by atoms with van der Waals surface area (Å²) >= 11 is 32.3. The summed E-state index contributed by atoms with van der Waals surface area (Å²) in [5, 5.41) is 14.3. The van der Waals surface area contributed by atoms with Gasteiger partial charge in [0.05, 0.1) is 43.1 Å². The number of hydrogen-bond donors (Lipinski definition) is 4. The number of ether oxygens (including phenoxy) is 3. The molecule has 1 fully saturated rings. The molecule has 2 aromatic heterocycles. The lowest BCUT2D eigenvalue weighted by Gasteiger charge is -2.21. The molecule has 1 saturated heterocycles. The molecule has 7 aromatic rings. The largest absolute Gasteiger partial charge is 0.472 e. The number of aromatic nitrogens is 4. The number of amidine groups is 1. The van der Waals surface area contributed by atoms with Gasteiger partial charge < -0.3 is 24.8 Å². The van der Waals surface area contributed by atoms with Crippen LogP contribution in [0, 0.1) is 20.8 Å². The van der Waals surface area contributed by atoms with Crippen molar-refractivity contribution in [1.29, 1.82) is 0 Å². The first-order chi connectivity index (χ1) is 33.5. The van der Waals surface area contributed by atoms with Crippen LogP contribution in [0.3, 0.4) is 0 Å². The quantitative estimate of drug-likeness (QED) is 0.0606. The highest BCUT2D eigenvalue weighted by molar-refractivity contribution is 6.53. The summed E-state index contributed by atoms with van der Waals surface area (Å²) in [6, 6.07) is 27.7. The van der Waals surface area contributed by atoms with E-state index in [1.165, 1.54) is 5.56 Å². The van der Waals surface area contributed by atoms with E-state index in [0.717, 1.165) is 39.7 Å². The Balaban J connectivity index is 0.000000212. The molecule has 0 radical (unpaired) electrons. The molecule has 364 valence electrons. The van der Waals surface area contributed by atoms with E-state index in [0.29, 0.717) is 45.8 Å². The molecule has 0 bridgehead atoms. The SMILES string of the molecule is CCOC(=O)c1c(Cl)c(Cl)c(N2NC(=Nc3cc(NC)ccc3Cl)C(Oc3ccc(C)cc3)C2=O)c(Cl)c1Cl.CCc1[nH]n2nc(C(C)CNC(=O)c3ccccc3C)nc2c1Oc1ccc(C)cc1. The predicted molar refractivity (Wildman–Crippen MR) is 277 cm³/mol. The average Bonchev–Trinajstić information content (AvgIpc) is 4.01. The topological polar surface area (TPSA) is 177 Å². The Kier molecular flexibility index (Phi) is 16.5. The molecule has 15 nitrogen and oxygen atoms in total. The van der Waals surface area contributed by atoms with Crippen LogP contribution in [0.2, 0.25) is 25.1 Å². The standard InChI is InChI=1S/C26H21Cl5N4O4.C24H27N5O2/c1-4-38-26(37)17-18(28)20(30)22(21(31)19(17)29)35-25(36)23(39-14-8-5-12(2)6-9-14)24(34-35)33-16-11-13(32-3)7-10-15(16)27;1-5-20-21(31-18-12-10-15(2)11-13-18)23-26-22(28-29(23)27-20)17(4)14-25-24(30)19-9-7-6-8-16(19)3/h5-11,23,32H,4H2,1-3H3,(H,33,34);6-13,17,27H,5,14H2,1-4H3,(H,25,30). The molecule has 2 atom stereocenters. The molecule has 1 aliphatic rings. The first kappa shape index (κ1) is 51.4. The van der Waals surface area contributed by atoms with Gasteiger partial charge in [-0.1, -0.05) is 125 Å². The van der Waals surface area contributed by atoms with Crippen LogP contribution in [0.15, 0.2) is 96.0 Å². The number of rotatable bonds is 14. The molecule has 20 heteroatoms. The number of fused-ring (bicyclic) bond motifs is 1. The minimum atomic E-state index is -1.25. The van der Waals surface area contributed by atoms with E-state index in [9.17, 15) is 14.4 Å². The number of aromatic amines is 1. The van der Waals surface area contributed by atoms with Crippen molar-refractivity contribution in [2.24, 2.45) is 4.99 Å². The molecule has 0 saturated carbocycles. The van der Waals surface area contributed by atoms with Crippen LogP contribution < -0.4 is 30.5 Å². The van der Waals surface area contributed by atoms with E-state index in [1.807, 2.05) is 88.4 Å². The molecule has 0 spiro atoms. The summed E-state index contributed by atoms with van der Waals surface area (Å²) in [4.78, 5) is 48.0. The van der Waals surface area contributed by atoms with Crippen LogP contribution in [0.4, 0.5) is 17.1 Å². The Morgan fingerprint density at radius 3 is 2.11 bits per heavy atom. The number of aliphatic imine (C=N–C) groups is 1. The number of esters is 1. The Labute approximate surface area is 429 Å². The molecule has 0 aliphatic carbocycles. The third-order valence-electron chi connectivity index (χ3n) is 10.9. The number of halogens is 5. The van der Waals surface area contributed by atoms with Gasteiger partial charge in [-0.15, -0.1) is 9.73 Å². The molecule has 4 N–H and O–H groups in total. The average molecular weight is 1050 g/mol. The summed E-state index contributed by atoms with van der Waals surface area (Å²) in [7, 11) is 1.75. The fourth-order valence-corrected chi connectivity index (χ4v) is 8.39. The van der Waals surface area contributed by atoms with Crippen molar-refractivity contribution in [3.8, 4) is 17.2 Å². The molecule has 3 heterocycles. The van der Waals surface area contributed by atoms with Gasteiger partial charge in [0, 0.05) is 30.8 Å². The number of nitrogens with zero attached hydrogens (tertiary/aromatic N) is 5. The van der Waals surface area contributed by atoms with E-state index in [4.69, 9.17) is 77.2 Å². The number of anilines is 2. The second-order valence-electron chi connectivity index (χ2n) is 16.0. The highest BCUT2D eigenvalue weighted by Crippen LogP contribution is 2.47. The molecule has 70 heavy (non-hydrogen) atoms. The van der Waals surface area contributed by atoms with Crippen LogP contribution >= 0.6 is 58.0 Å². The summed E-state index contributed by atoms with van der Waals surface area (Å²) in [5.74, 6) is 0.991. The fourth-order valence-electron chi connectivity index (χ4n) is 7.06. The zero-order valence-corrected chi connectivity index (χ0v) is 42.8. The lowest BCUT2D eigenvalue weighted by atomic mass is 10.1. The maximum absolute atomic E-state index is 13.8. The summed E-state index contributed by atoms with van der Waals surface area (Å²) in [5.41, 5.74) is 9.08. The smallest absolute Gasteiger partial charge is 0.341 e. The van der Waals surface area contributed by atoms with Crippen molar-refractivity contribution in [3.05, 3.63) is 155 Å². The van der Waals surface area contributed by atoms with Gasteiger partial charge in [0.1, 0.15) is 22.7 Å². The van der Waals surface area contributed by atoms with Crippen LogP contribution in [0.1, 0.15) is 75.6 Å². The minimum Gasteiger partial charge on any atom is -0.472 e.